The summed E-state index contributed by atoms with van der Waals surface area (Å²) < 4.78 is 0. The molecule has 0 bridgehead atoms. The number of benzene rings is 1. The van der Waals surface area contributed by atoms with Gasteiger partial charge < -0.3 is 15.3 Å². The lowest BCUT2D eigenvalue weighted by atomic mass is 9.97. The molecular formula is C18H24N2O3. The number of nitrogens with zero attached hydrogens (tertiary/aromatic N) is 1. The molecule has 5 heteroatoms. The number of piperidine rings is 1. The fourth-order valence-electron chi connectivity index (χ4n) is 2.67. The molecule has 0 unspecified atom stereocenters. The molecule has 2 amide bonds. The summed E-state index contributed by atoms with van der Waals surface area (Å²) in [5.41, 5.74) is 2.10. The second-order valence-electron chi connectivity index (χ2n) is 6.21. The molecule has 0 aromatic heterocycles. The van der Waals surface area contributed by atoms with Crippen molar-refractivity contribution < 1.29 is 14.7 Å². The van der Waals surface area contributed by atoms with Crippen LogP contribution in [0.1, 0.15) is 37.0 Å². The first-order chi connectivity index (χ1) is 11.0. The van der Waals surface area contributed by atoms with Gasteiger partial charge in [0.15, 0.2) is 0 Å². The van der Waals surface area contributed by atoms with Crippen LogP contribution in [0.15, 0.2) is 35.9 Å². The molecule has 1 aromatic carbocycles. The van der Waals surface area contributed by atoms with Gasteiger partial charge in [-0.3, -0.25) is 9.59 Å². The van der Waals surface area contributed by atoms with Crippen molar-refractivity contribution in [1.29, 1.82) is 0 Å². The quantitative estimate of drug-likeness (QED) is 0.838. The largest absolute Gasteiger partial charge is 0.396 e. The van der Waals surface area contributed by atoms with Crippen LogP contribution >= 0.6 is 0 Å². The van der Waals surface area contributed by atoms with Gasteiger partial charge in [-0.1, -0.05) is 11.6 Å². The van der Waals surface area contributed by atoms with Crippen LogP contribution in [0.3, 0.4) is 0 Å². The molecule has 2 rings (SSSR count). The summed E-state index contributed by atoms with van der Waals surface area (Å²) in [4.78, 5) is 26.1. The van der Waals surface area contributed by atoms with Crippen molar-refractivity contribution in [2.24, 2.45) is 5.92 Å². The number of nitrogens with one attached hydrogen (secondary N) is 1. The lowest BCUT2D eigenvalue weighted by molar-refractivity contribution is -0.111. The van der Waals surface area contributed by atoms with E-state index in [2.05, 4.69) is 5.32 Å². The number of amides is 2. The van der Waals surface area contributed by atoms with Crippen molar-refractivity contribution in [1.82, 2.24) is 4.90 Å². The highest BCUT2D eigenvalue weighted by Gasteiger charge is 2.23. The molecule has 0 atom stereocenters. The zero-order valence-electron chi connectivity index (χ0n) is 13.7. The number of hydrogen-bond acceptors (Lipinski definition) is 3. The Hall–Kier alpha value is -2.14. The van der Waals surface area contributed by atoms with Gasteiger partial charge in [-0.15, -0.1) is 0 Å². The molecule has 0 spiro atoms. The number of aliphatic hydroxyl groups excluding tert-OH is 1. The van der Waals surface area contributed by atoms with Crippen LogP contribution in [-0.2, 0) is 4.79 Å². The lowest BCUT2D eigenvalue weighted by Crippen LogP contribution is -2.39. The Balaban J connectivity index is 2.03. The van der Waals surface area contributed by atoms with Gasteiger partial charge in [0.1, 0.15) is 0 Å². The van der Waals surface area contributed by atoms with Gasteiger partial charge in [-0.2, -0.15) is 0 Å². The summed E-state index contributed by atoms with van der Waals surface area (Å²) in [5.74, 6) is 0.0757. The van der Waals surface area contributed by atoms with Gasteiger partial charge in [0.2, 0.25) is 5.91 Å². The van der Waals surface area contributed by atoms with E-state index < -0.39 is 0 Å². The average molecular weight is 316 g/mol. The molecule has 0 radical (unpaired) electrons. The Morgan fingerprint density at radius 1 is 1.30 bits per heavy atom. The molecule has 23 heavy (non-hydrogen) atoms. The van der Waals surface area contributed by atoms with Gasteiger partial charge >= 0.3 is 0 Å². The Bertz CT molecular complexity index is 598. The Morgan fingerprint density at radius 2 is 2.00 bits per heavy atom. The number of rotatable bonds is 4. The maximum atomic E-state index is 12.5. The van der Waals surface area contributed by atoms with E-state index in [1.54, 1.807) is 24.3 Å². The maximum absolute atomic E-state index is 12.5. The summed E-state index contributed by atoms with van der Waals surface area (Å²) in [5, 5.41) is 11.9. The third kappa shape index (κ3) is 4.93. The molecule has 1 aliphatic heterocycles. The van der Waals surface area contributed by atoms with Crippen LogP contribution in [0.25, 0.3) is 0 Å². The second-order valence-corrected chi connectivity index (χ2v) is 6.21. The molecule has 1 aromatic rings. The van der Waals surface area contributed by atoms with E-state index in [4.69, 9.17) is 5.11 Å². The lowest BCUT2D eigenvalue weighted by Gasteiger charge is -2.31. The molecule has 2 N–H and O–H groups in total. The van der Waals surface area contributed by atoms with Crippen LogP contribution in [0.4, 0.5) is 5.69 Å². The minimum Gasteiger partial charge on any atom is -0.396 e. The third-order valence-corrected chi connectivity index (χ3v) is 3.96. The highest BCUT2D eigenvalue weighted by molar-refractivity contribution is 6.01. The predicted molar refractivity (Wildman–Crippen MR) is 90.2 cm³/mol. The van der Waals surface area contributed by atoms with E-state index in [-0.39, 0.29) is 18.4 Å². The molecule has 5 nitrogen and oxygen atoms in total. The zero-order chi connectivity index (χ0) is 16.8. The van der Waals surface area contributed by atoms with Crippen molar-refractivity contribution in [2.45, 2.75) is 26.7 Å². The number of likely N-dealkylation sites (tertiary alicyclic amines) is 1. The van der Waals surface area contributed by atoms with E-state index >= 15 is 0 Å². The molecule has 0 saturated carbocycles. The van der Waals surface area contributed by atoms with Crippen LogP contribution in [0.5, 0.6) is 0 Å². The summed E-state index contributed by atoms with van der Waals surface area (Å²) in [7, 11) is 0. The zero-order valence-corrected chi connectivity index (χ0v) is 13.7. The summed E-state index contributed by atoms with van der Waals surface area (Å²) in [6, 6.07) is 7.01. The number of anilines is 1. The molecular weight excluding hydrogens is 292 g/mol. The van der Waals surface area contributed by atoms with Gasteiger partial charge in [0.25, 0.3) is 5.91 Å². The fourth-order valence-corrected chi connectivity index (χ4v) is 2.67. The van der Waals surface area contributed by atoms with Crippen molar-refractivity contribution in [3.8, 4) is 0 Å². The smallest absolute Gasteiger partial charge is 0.253 e. The first-order valence-corrected chi connectivity index (χ1v) is 7.95. The summed E-state index contributed by atoms with van der Waals surface area (Å²) in [6.07, 6.45) is 3.19. The number of carbonyl (C=O) groups excluding carboxylic acids is 2. The summed E-state index contributed by atoms with van der Waals surface area (Å²) in [6.45, 7) is 5.23. The Labute approximate surface area is 137 Å². The molecule has 1 aliphatic rings. The van der Waals surface area contributed by atoms with Crippen molar-refractivity contribution >= 4 is 17.5 Å². The normalized spacial score (nSPS) is 15.2. The van der Waals surface area contributed by atoms with Gasteiger partial charge in [-0.05, 0) is 50.8 Å². The molecule has 1 saturated heterocycles. The van der Waals surface area contributed by atoms with Gasteiger partial charge in [0, 0.05) is 37.0 Å². The maximum Gasteiger partial charge on any atom is 0.253 e. The Morgan fingerprint density at radius 3 is 2.61 bits per heavy atom. The van der Waals surface area contributed by atoms with E-state index in [0.29, 0.717) is 30.3 Å². The van der Waals surface area contributed by atoms with E-state index in [1.165, 1.54) is 6.08 Å². The fraction of sp³-hybridized carbons (Fsp3) is 0.444. The second kappa shape index (κ2) is 7.92. The number of hydrogen-bond donors (Lipinski definition) is 2. The van der Waals surface area contributed by atoms with Gasteiger partial charge in [-0.25, -0.2) is 0 Å². The van der Waals surface area contributed by atoms with Crippen molar-refractivity contribution in [3.05, 3.63) is 41.5 Å². The average Bonchev–Trinajstić information content (AvgIpc) is 2.53. The molecule has 1 fully saturated rings. The van der Waals surface area contributed by atoms with Crippen molar-refractivity contribution in [2.75, 3.05) is 25.0 Å². The highest BCUT2D eigenvalue weighted by Crippen LogP contribution is 2.20. The first kappa shape index (κ1) is 17.2. The monoisotopic (exact) mass is 316 g/mol. The van der Waals surface area contributed by atoms with Gasteiger partial charge in [0.05, 0.1) is 0 Å². The standard InChI is InChI=1S/C18H24N2O3/c1-13(2)10-17(22)19-16-5-3-4-15(11-16)18(23)20-8-6-14(12-21)7-9-20/h3-5,10-11,14,21H,6-9,12H2,1-2H3,(H,19,22). The van der Waals surface area contributed by atoms with Crippen LogP contribution in [0.2, 0.25) is 0 Å². The predicted octanol–water partition coefficient (Wildman–Crippen LogP) is 2.44. The molecule has 1 heterocycles. The van der Waals surface area contributed by atoms with E-state index in [0.717, 1.165) is 18.4 Å². The molecule has 124 valence electrons. The number of carbonyl (C=O) groups is 2. The van der Waals surface area contributed by atoms with Crippen LogP contribution < -0.4 is 5.32 Å². The topological polar surface area (TPSA) is 69.6 Å². The number of aliphatic hydroxyl groups is 1. The highest BCUT2D eigenvalue weighted by atomic mass is 16.3. The summed E-state index contributed by atoms with van der Waals surface area (Å²) >= 11 is 0. The number of allylic oxidation sites excluding steroid dienone is 1. The van der Waals surface area contributed by atoms with Crippen molar-refractivity contribution in [3.63, 3.8) is 0 Å². The van der Waals surface area contributed by atoms with Crippen LogP contribution in [0, 0.1) is 5.92 Å². The minimum absolute atomic E-state index is 0.0281. The SMILES string of the molecule is CC(C)=CC(=O)Nc1cccc(C(=O)N2CCC(CO)CC2)c1. The van der Waals surface area contributed by atoms with E-state index in [1.807, 2.05) is 18.7 Å². The van der Waals surface area contributed by atoms with Crippen LogP contribution in [-0.4, -0.2) is 41.5 Å². The first-order valence-electron chi connectivity index (χ1n) is 7.95. The molecule has 0 aliphatic carbocycles. The van der Waals surface area contributed by atoms with E-state index in [9.17, 15) is 9.59 Å². The Kier molecular flexibility index (Phi) is 5.93. The third-order valence-electron chi connectivity index (χ3n) is 3.96. The minimum atomic E-state index is -0.196.